The van der Waals surface area contributed by atoms with E-state index in [-0.39, 0.29) is 11.6 Å². The van der Waals surface area contributed by atoms with E-state index in [1.807, 2.05) is 66.6 Å². The molecule has 0 spiro atoms. The van der Waals surface area contributed by atoms with Crippen molar-refractivity contribution in [3.8, 4) is 28.5 Å². The molecule has 5 aromatic rings. The fourth-order valence-corrected chi connectivity index (χ4v) is 4.60. The van der Waals surface area contributed by atoms with Crippen LogP contribution in [0.5, 0.6) is 0 Å². The van der Waals surface area contributed by atoms with Gasteiger partial charge in [-0.3, -0.25) is 18.8 Å². The molecule has 0 radical (unpaired) electrons. The predicted molar refractivity (Wildman–Crippen MR) is 141 cm³/mol. The van der Waals surface area contributed by atoms with Crippen LogP contribution in [0.4, 0.5) is 0 Å². The molecule has 0 fully saturated rings. The number of rotatable bonds is 9. The Kier molecular flexibility index (Phi) is 6.80. The number of nitrogens with zero attached hydrogens (tertiary/aromatic N) is 8. The monoisotopic (exact) mass is 497 g/mol. The number of nitrogens with one attached hydrogen (secondary N) is 1. The van der Waals surface area contributed by atoms with Crippen LogP contribution >= 0.6 is 0 Å². The minimum absolute atomic E-state index is 0.0659. The Hall–Kier alpha value is -4.34. The van der Waals surface area contributed by atoms with Crippen molar-refractivity contribution in [2.24, 2.45) is 7.05 Å². The van der Waals surface area contributed by atoms with E-state index in [1.54, 1.807) is 9.25 Å². The van der Waals surface area contributed by atoms with Crippen LogP contribution in [0.2, 0.25) is 0 Å². The summed E-state index contributed by atoms with van der Waals surface area (Å²) in [5.41, 5.74) is 5.56. The van der Waals surface area contributed by atoms with Crippen molar-refractivity contribution in [2.75, 3.05) is 0 Å². The highest BCUT2D eigenvalue weighted by Crippen LogP contribution is 2.28. The molecule has 190 valence electrons. The number of unbranched alkanes of at least 4 members (excludes halogenated alkanes) is 1. The van der Waals surface area contributed by atoms with E-state index in [1.165, 1.54) is 0 Å². The largest absolute Gasteiger partial charge is 0.334 e. The van der Waals surface area contributed by atoms with E-state index >= 15 is 0 Å². The minimum Gasteiger partial charge on any atom is -0.292 e. The average molecular weight is 498 g/mol. The SMILES string of the molecule is CCCCc1cn(-c2c(C(C)C)cnn2C)c(=O)n1Cc1ccc(-c2ccccc2-c2nnn[nH]2)nc1. The summed E-state index contributed by atoms with van der Waals surface area (Å²) in [6.07, 6.45) is 8.56. The molecule has 37 heavy (non-hydrogen) atoms. The molecule has 0 aliphatic rings. The predicted octanol–water partition coefficient (Wildman–Crippen LogP) is 4.13. The number of aromatic nitrogens is 9. The number of imidazole rings is 1. The number of aromatic amines is 1. The molecule has 0 aliphatic heterocycles. The molecular weight excluding hydrogens is 466 g/mol. The molecule has 1 aromatic carbocycles. The summed E-state index contributed by atoms with van der Waals surface area (Å²) in [6, 6.07) is 11.9. The van der Waals surface area contributed by atoms with Crippen molar-refractivity contribution < 1.29 is 0 Å². The van der Waals surface area contributed by atoms with Gasteiger partial charge < -0.3 is 0 Å². The van der Waals surface area contributed by atoms with Gasteiger partial charge in [-0.25, -0.2) is 9.89 Å². The molecule has 10 nitrogen and oxygen atoms in total. The Morgan fingerprint density at radius 3 is 2.54 bits per heavy atom. The third-order valence-corrected chi connectivity index (χ3v) is 6.60. The van der Waals surface area contributed by atoms with Gasteiger partial charge in [-0.15, -0.1) is 5.10 Å². The Morgan fingerprint density at radius 2 is 1.86 bits per heavy atom. The van der Waals surface area contributed by atoms with E-state index < -0.39 is 0 Å². The summed E-state index contributed by atoms with van der Waals surface area (Å²) in [7, 11) is 1.88. The highest BCUT2D eigenvalue weighted by Gasteiger charge is 2.20. The number of benzene rings is 1. The van der Waals surface area contributed by atoms with Gasteiger partial charge in [0.15, 0.2) is 5.82 Å². The zero-order valence-electron chi connectivity index (χ0n) is 21.6. The molecule has 0 atom stereocenters. The zero-order chi connectivity index (χ0) is 25.9. The quantitative estimate of drug-likeness (QED) is 0.328. The summed E-state index contributed by atoms with van der Waals surface area (Å²) in [6.45, 7) is 6.84. The lowest BCUT2D eigenvalue weighted by molar-refractivity contribution is 0.661. The van der Waals surface area contributed by atoms with Crippen LogP contribution in [0, 0.1) is 0 Å². The average Bonchev–Trinajstić information content (AvgIpc) is 3.64. The molecule has 10 heteroatoms. The minimum atomic E-state index is -0.0659. The van der Waals surface area contributed by atoms with Crippen molar-refractivity contribution in [2.45, 2.75) is 52.5 Å². The van der Waals surface area contributed by atoms with Crippen molar-refractivity contribution in [1.82, 2.24) is 44.5 Å². The van der Waals surface area contributed by atoms with Gasteiger partial charge in [-0.1, -0.05) is 57.5 Å². The van der Waals surface area contributed by atoms with Gasteiger partial charge in [0.2, 0.25) is 0 Å². The second-order valence-electron chi connectivity index (χ2n) is 9.51. The maximum absolute atomic E-state index is 13.7. The number of hydrogen-bond acceptors (Lipinski definition) is 6. The summed E-state index contributed by atoms with van der Waals surface area (Å²) >= 11 is 0. The molecule has 0 amide bonds. The van der Waals surface area contributed by atoms with E-state index in [0.717, 1.165) is 58.7 Å². The maximum Gasteiger partial charge on any atom is 0.334 e. The summed E-state index contributed by atoms with van der Waals surface area (Å²) in [5.74, 6) is 1.67. The lowest BCUT2D eigenvalue weighted by atomic mass is 10.0. The van der Waals surface area contributed by atoms with E-state index in [9.17, 15) is 4.79 Å². The molecule has 0 unspecified atom stereocenters. The topological polar surface area (TPSA) is 112 Å². The van der Waals surface area contributed by atoms with E-state index in [0.29, 0.717) is 12.4 Å². The van der Waals surface area contributed by atoms with Crippen LogP contribution in [0.1, 0.15) is 56.4 Å². The first-order chi connectivity index (χ1) is 18.0. The maximum atomic E-state index is 13.7. The van der Waals surface area contributed by atoms with Crippen molar-refractivity contribution in [1.29, 1.82) is 0 Å². The van der Waals surface area contributed by atoms with Crippen LogP contribution < -0.4 is 5.69 Å². The summed E-state index contributed by atoms with van der Waals surface area (Å²) < 4.78 is 5.39. The Balaban J connectivity index is 1.49. The first kappa shape index (κ1) is 24.4. The fraction of sp³-hybridized carbons (Fsp3) is 0.333. The van der Waals surface area contributed by atoms with Gasteiger partial charge in [-0.2, -0.15) is 5.10 Å². The number of pyridine rings is 1. The molecule has 0 bridgehead atoms. The highest BCUT2D eigenvalue weighted by molar-refractivity contribution is 5.78. The number of H-pyrrole nitrogens is 1. The van der Waals surface area contributed by atoms with E-state index in [2.05, 4.69) is 46.5 Å². The molecule has 0 saturated carbocycles. The normalized spacial score (nSPS) is 11.5. The van der Waals surface area contributed by atoms with Gasteiger partial charge >= 0.3 is 5.69 Å². The van der Waals surface area contributed by atoms with Crippen LogP contribution in [0.3, 0.4) is 0 Å². The van der Waals surface area contributed by atoms with Gasteiger partial charge in [0.05, 0.1) is 18.4 Å². The van der Waals surface area contributed by atoms with Crippen molar-refractivity contribution >= 4 is 0 Å². The number of hydrogen-bond donors (Lipinski definition) is 1. The summed E-state index contributed by atoms with van der Waals surface area (Å²) in [5, 5.41) is 18.7. The van der Waals surface area contributed by atoms with Crippen molar-refractivity contribution in [3.63, 3.8) is 0 Å². The molecule has 0 saturated heterocycles. The van der Waals surface area contributed by atoms with Crippen LogP contribution in [0.15, 0.2) is 59.8 Å². The van der Waals surface area contributed by atoms with E-state index in [4.69, 9.17) is 4.98 Å². The smallest absolute Gasteiger partial charge is 0.292 e. The Bertz CT molecular complexity index is 1540. The van der Waals surface area contributed by atoms with Crippen LogP contribution in [-0.2, 0) is 20.0 Å². The number of aryl methyl sites for hydroxylation is 2. The Morgan fingerprint density at radius 1 is 1.05 bits per heavy atom. The molecule has 5 rings (SSSR count). The lowest BCUT2D eigenvalue weighted by Crippen LogP contribution is -2.26. The zero-order valence-corrected chi connectivity index (χ0v) is 21.6. The summed E-state index contributed by atoms with van der Waals surface area (Å²) in [4.78, 5) is 18.4. The van der Waals surface area contributed by atoms with Gasteiger partial charge in [0.1, 0.15) is 5.82 Å². The molecule has 4 aromatic heterocycles. The van der Waals surface area contributed by atoms with Crippen LogP contribution in [0.25, 0.3) is 28.5 Å². The second-order valence-corrected chi connectivity index (χ2v) is 9.51. The molecule has 1 N–H and O–H groups in total. The Labute approximate surface area is 215 Å². The second kappa shape index (κ2) is 10.3. The lowest BCUT2D eigenvalue weighted by Gasteiger charge is -2.10. The third-order valence-electron chi connectivity index (χ3n) is 6.60. The fourth-order valence-electron chi connectivity index (χ4n) is 4.60. The first-order valence-corrected chi connectivity index (χ1v) is 12.6. The highest BCUT2D eigenvalue weighted by atomic mass is 16.1. The molecule has 0 aliphatic carbocycles. The molecule has 4 heterocycles. The standard InChI is InChI=1S/C27H31N9O/c1-5-6-9-20-17-36(26-23(18(2)3)15-29-34(26)4)27(37)35(20)16-19-12-13-24(28-14-19)21-10-7-8-11-22(21)25-30-32-33-31-25/h7-8,10-15,17-18H,5-6,9,16H2,1-4H3,(H,30,31,32,33). The van der Waals surface area contributed by atoms with Gasteiger partial charge in [-0.05, 0) is 40.8 Å². The number of tetrazole rings is 1. The van der Waals surface area contributed by atoms with Crippen LogP contribution in [-0.4, -0.2) is 44.5 Å². The first-order valence-electron chi connectivity index (χ1n) is 12.6. The van der Waals surface area contributed by atoms with Gasteiger partial charge in [0, 0.05) is 41.8 Å². The van der Waals surface area contributed by atoms with Crippen molar-refractivity contribution in [3.05, 3.63) is 82.3 Å². The third kappa shape index (κ3) is 4.74. The molecular formula is C27H31N9O. The van der Waals surface area contributed by atoms with Gasteiger partial charge in [0.25, 0.3) is 0 Å².